The first-order valence-corrected chi connectivity index (χ1v) is 8.90. The Kier molecular flexibility index (Phi) is 4.94. The molecule has 4 rings (SSSR count). The maximum Gasteiger partial charge on any atom is 0.262 e. The fraction of sp³-hybridized carbons (Fsp3) is 0.158. The van der Waals surface area contributed by atoms with Gasteiger partial charge in [0.25, 0.3) is 5.91 Å². The summed E-state index contributed by atoms with van der Waals surface area (Å²) in [5.41, 5.74) is 1.86. The monoisotopic (exact) mass is 398 g/mol. The molecule has 2 aromatic carbocycles. The summed E-state index contributed by atoms with van der Waals surface area (Å²) in [5.74, 6) is 0.931. The summed E-state index contributed by atoms with van der Waals surface area (Å²) in [6, 6.07) is 12.1. The summed E-state index contributed by atoms with van der Waals surface area (Å²) in [6.45, 7) is -0.0130. The molecular weight excluding hydrogens is 384 g/mol. The van der Waals surface area contributed by atoms with Crippen LogP contribution < -0.4 is 15.4 Å². The van der Waals surface area contributed by atoms with E-state index in [1.54, 1.807) is 42.5 Å². The van der Waals surface area contributed by atoms with Crippen molar-refractivity contribution in [1.82, 2.24) is 10.1 Å². The molecule has 0 saturated heterocycles. The second kappa shape index (κ2) is 7.69. The molecule has 8 nitrogen and oxygen atoms in total. The lowest BCUT2D eigenvalue weighted by Crippen LogP contribution is -2.25. The molecule has 2 amide bonds. The second-order valence-electron chi connectivity index (χ2n) is 6.11. The Morgan fingerprint density at radius 3 is 2.86 bits per heavy atom. The van der Waals surface area contributed by atoms with Crippen LogP contribution in [0.3, 0.4) is 0 Å². The molecule has 0 bridgehead atoms. The van der Waals surface area contributed by atoms with Gasteiger partial charge < -0.3 is 19.9 Å². The number of nitrogens with one attached hydrogen (secondary N) is 2. The molecule has 3 aromatic rings. The number of benzene rings is 2. The van der Waals surface area contributed by atoms with Crippen LogP contribution in [0.15, 0.2) is 47.0 Å². The van der Waals surface area contributed by atoms with E-state index in [1.807, 2.05) is 0 Å². The number of fused-ring (bicyclic) bond motifs is 1. The minimum absolute atomic E-state index is 0.0130. The Hall–Kier alpha value is -3.39. The summed E-state index contributed by atoms with van der Waals surface area (Å²) in [6.07, 6.45) is 0.472. The number of carbonyl (C=O) groups is 2. The van der Waals surface area contributed by atoms with Crippen LogP contribution in [-0.4, -0.2) is 28.6 Å². The Bertz CT molecular complexity index is 1030. The van der Waals surface area contributed by atoms with Crippen molar-refractivity contribution in [3.8, 4) is 17.1 Å². The van der Waals surface area contributed by atoms with E-state index >= 15 is 0 Å². The minimum Gasteiger partial charge on any atom is -0.482 e. The van der Waals surface area contributed by atoms with Crippen molar-refractivity contribution in [2.45, 2.75) is 12.8 Å². The molecule has 0 fully saturated rings. The Morgan fingerprint density at radius 2 is 2.04 bits per heavy atom. The van der Waals surface area contributed by atoms with E-state index in [0.29, 0.717) is 40.3 Å². The third-order valence-corrected chi connectivity index (χ3v) is 4.28. The Labute approximate surface area is 164 Å². The first kappa shape index (κ1) is 18.0. The van der Waals surface area contributed by atoms with Gasteiger partial charge in [-0.2, -0.15) is 4.98 Å². The van der Waals surface area contributed by atoms with Crippen LogP contribution in [0.2, 0.25) is 5.02 Å². The van der Waals surface area contributed by atoms with Crippen LogP contribution in [0.4, 0.5) is 11.4 Å². The predicted molar refractivity (Wildman–Crippen MR) is 102 cm³/mol. The number of amides is 2. The zero-order valence-corrected chi connectivity index (χ0v) is 15.3. The first-order valence-electron chi connectivity index (χ1n) is 8.52. The van der Waals surface area contributed by atoms with Gasteiger partial charge in [0, 0.05) is 29.1 Å². The van der Waals surface area contributed by atoms with Crippen LogP contribution in [0.25, 0.3) is 11.4 Å². The van der Waals surface area contributed by atoms with Gasteiger partial charge in [-0.1, -0.05) is 16.8 Å². The number of aryl methyl sites for hydroxylation is 1. The Balaban J connectivity index is 1.34. The molecular formula is C19H15ClN4O4. The molecule has 1 aliphatic rings. The number of halogens is 1. The highest BCUT2D eigenvalue weighted by molar-refractivity contribution is 6.30. The van der Waals surface area contributed by atoms with Gasteiger partial charge in [0.05, 0.1) is 5.69 Å². The van der Waals surface area contributed by atoms with E-state index in [4.69, 9.17) is 20.9 Å². The number of nitrogens with zero attached hydrogens (tertiary/aromatic N) is 2. The zero-order valence-electron chi connectivity index (χ0n) is 14.6. The molecule has 1 aliphatic heterocycles. The third-order valence-electron chi connectivity index (χ3n) is 4.03. The molecule has 0 saturated carbocycles. The largest absolute Gasteiger partial charge is 0.482 e. The molecule has 2 N–H and O–H groups in total. The van der Waals surface area contributed by atoms with E-state index in [-0.39, 0.29) is 24.8 Å². The summed E-state index contributed by atoms with van der Waals surface area (Å²) in [4.78, 5) is 27.9. The quantitative estimate of drug-likeness (QED) is 0.683. The number of carbonyl (C=O) groups excluding carboxylic acids is 2. The van der Waals surface area contributed by atoms with E-state index in [9.17, 15) is 9.59 Å². The summed E-state index contributed by atoms with van der Waals surface area (Å²) in [7, 11) is 0. The van der Waals surface area contributed by atoms with Gasteiger partial charge in [-0.25, -0.2) is 0 Å². The van der Waals surface area contributed by atoms with Crippen LogP contribution in [0.1, 0.15) is 12.3 Å². The summed E-state index contributed by atoms with van der Waals surface area (Å²) < 4.78 is 10.5. The smallest absolute Gasteiger partial charge is 0.262 e. The standard InChI is InChI=1S/C19H15ClN4O4/c20-12-3-1-11(2-4-12)19-23-18(28-24-19)8-7-16(25)21-13-5-6-15-14(9-13)22-17(26)10-27-15/h1-6,9H,7-8,10H2,(H,21,25)(H,22,26). The SMILES string of the molecule is O=C(CCc1nc(-c2ccc(Cl)cc2)no1)Nc1ccc2c(c1)NC(=O)CO2. The summed E-state index contributed by atoms with van der Waals surface area (Å²) >= 11 is 5.87. The van der Waals surface area contributed by atoms with Gasteiger partial charge in [-0.15, -0.1) is 0 Å². The number of aromatic nitrogens is 2. The topological polar surface area (TPSA) is 106 Å². The highest BCUT2D eigenvalue weighted by atomic mass is 35.5. The fourth-order valence-corrected chi connectivity index (χ4v) is 2.80. The molecule has 2 heterocycles. The zero-order chi connectivity index (χ0) is 19.5. The molecule has 9 heteroatoms. The lowest BCUT2D eigenvalue weighted by molar-refractivity contribution is -0.118. The van der Waals surface area contributed by atoms with Crippen molar-refractivity contribution in [3.05, 3.63) is 53.4 Å². The third kappa shape index (κ3) is 4.12. The molecule has 0 unspecified atom stereocenters. The van der Waals surface area contributed by atoms with Crippen molar-refractivity contribution in [3.63, 3.8) is 0 Å². The van der Waals surface area contributed by atoms with Crippen molar-refractivity contribution in [2.75, 3.05) is 17.2 Å². The second-order valence-corrected chi connectivity index (χ2v) is 6.55. The lowest BCUT2D eigenvalue weighted by Gasteiger charge is -2.18. The highest BCUT2D eigenvalue weighted by Crippen LogP contribution is 2.30. The number of rotatable bonds is 5. The Morgan fingerprint density at radius 1 is 1.21 bits per heavy atom. The number of hydrogen-bond donors (Lipinski definition) is 2. The van der Waals surface area contributed by atoms with E-state index in [0.717, 1.165) is 5.56 Å². The van der Waals surface area contributed by atoms with Crippen molar-refractivity contribution in [2.24, 2.45) is 0 Å². The molecule has 0 aliphatic carbocycles. The number of ether oxygens (including phenoxy) is 1. The van der Waals surface area contributed by atoms with Gasteiger partial charge in [0.2, 0.25) is 17.6 Å². The number of anilines is 2. The van der Waals surface area contributed by atoms with Crippen LogP contribution in [-0.2, 0) is 16.0 Å². The van der Waals surface area contributed by atoms with Gasteiger partial charge in [-0.05, 0) is 42.5 Å². The van der Waals surface area contributed by atoms with Crippen molar-refractivity contribution >= 4 is 34.8 Å². The molecule has 142 valence electrons. The first-order chi connectivity index (χ1) is 13.6. The summed E-state index contributed by atoms with van der Waals surface area (Å²) in [5, 5.41) is 10.0. The van der Waals surface area contributed by atoms with Crippen molar-refractivity contribution in [1.29, 1.82) is 0 Å². The highest BCUT2D eigenvalue weighted by Gasteiger charge is 2.17. The maximum absolute atomic E-state index is 12.2. The molecule has 1 aromatic heterocycles. The van der Waals surface area contributed by atoms with E-state index in [1.165, 1.54) is 0 Å². The average molecular weight is 399 g/mol. The predicted octanol–water partition coefficient (Wildman–Crippen LogP) is 3.29. The van der Waals surface area contributed by atoms with Gasteiger partial charge >= 0.3 is 0 Å². The molecule has 0 spiro atoms. The van der Waals surface area contributed by atoms with Crippen LogP contribution >= 0.6 is 11.6 Å². The number of hydrogen-bond acceptors (Lipinski definition) is 6. The van der Waals surface area contributed by atoms with Crippen LogP contribution in [0, 0.1) is 0 Å². The van der Waals surface area contributed by atoms with E-state index < -0.39 is 0 Å². The maximum atomic E-state index is 12.2. The fourth-order valence-electron chi connectivity index (χ4n) is 2.68. The minimum atomic E-state index is -0.233. The van der Waals surface area contributed by atoms with E-state index in [2.05, 4.69) is 20.8 Å². The lowest BCUT2D eigenvalue weighted by atomic mass is 10.2. The molecule has 0 atom stereocenters. The van der Waals surface area contributed by atoms with Gasteiger partial charge in [0.15, 0.2) is 6.61 Å². The van der Waals surface area contributed by atoms with Crippen molar-refractivity contribution < 1.29 is 18.8 Å². The van der Waals surface area contributed by atoms with Gasteiger partial charge in [0.1, 0.15) is 5.75 Å². The normalized spacial score (nSPS) is 12.7. The van der Waals surface area contributed by atoms with Crippen LogP contribution in [0.5, 0.6) is 5.75 Å². The van der Waals surface area contributed by atoms with Gasteiger partial charge in [-0.3, -0.25) is 9.59 Å². The average Bonchev–Trinajstić information content (AvgIpc) is 3.16. The molecule has 0 radical (unpaired) electrons. The molecule has 28 heavy (non-hydrogen) atoms.